The fraction of sp³-hybridized carbons (Fsp3) is 0.333. The Kier molecular flexibility index (Phi) is 4.15. The molecule has 0 aliphatic rings. The molecule has 0 saturated heterocycles. The molecule has 2 N–H and O–H groups in total. The highest BCUT2D eigenvalue weighted by molar-refractivity contribution is 7.85. The molecular formula is C15H19NOS. The van der Waals surface area contributed by atoms with Gasteiger partial charge in [-0.15, -0.1) is 0 Å². The fourth-order valence-corrected chi connectivity index (χ4v) is 2.84. The van der Waals surface area contributed by atoms with Crippen molar-refractivity contribution in [1.29, 1.82) is 0 Å². The molecule has 96 valence electrons. The summed E-state index contributed by atoms with van der Waals surface area (Å²) in [6.45, 7) is 3.92. The molecule has 0 radical (unpaired) electrons. The Bertz CT molecular complexity index is 565. The molecule has 18 heavy (non-hydrogen) atoms. The number of nitrogens with two attached hydrogens (primary N) is 1. The van der Waals surface area contributed by atoms with Crippen LogP contribution in [0.3, 0.4) is 0 Å². The van der Waals surface area contributed by atoms with Crippen LogP contribution in [0, 0.1) is 0 Å². The van der Waals surface area contributed by atoms with Crippen LogP contribution >= 0.6 is 0 Å². The van der Waals surface area contributed by atoms with Gasteiger partial charge in [0.15, 0.2) is 0 Å². The van der Waals surface area contributed by atoms with Crippen LogP contribution in [0.15, 0.2) is 42.5 Å². The van der Waals surface area contributed by atoms with Gasteiger partial charge in [0.1, 0.15) is 0 Å². The van der Waals surface area contributed by atoms with Crippen molar-refractivity contribution in [3.8, 4) is 0 Å². The molecular weight excluding hydrogens is 242 g/mol. The topological polar surface area (TPSA) is 43.1 Å². The molecule has 2 rings (SSSR count). The van der Waals surface area contributed by atoms with E-state index in [1.807, 2.05) is 32.0 Å². The van der Waals surface area contributed by atoms with Gasteiger partial charge in [-0.05, 0) is 22.4 Å². The van der Waals surface area contributed by atoms with Crippen LogP contribution in [-0.2, 0) is 10.8 Å². The Labute approximate surface area is 111 Å². The first-order chi connectivity index (χ1) is 8.58. The van der Waals surface area contributed by atoms with Gasteiger partial charge in [-0.25, -0.2) is 0 Å². The minimum absolute atomic E-state index is 0.155. The second-order valence-electron chi connectivity index (χ2n) is 4.81. The molecule has 0 aliphatic carbocycles. The summed E-state index contributed by atoms with van der Waals surface area (Å²) in [5.74, 6) is 0.524. The minimum Gasteiger partial charge on any atom is -0.323 e. The second kappa shape index (κ2) is 5.63. The molecule has 0 bridgehead atoms. The Balaban J connectivity index is 2.22. The zero-order valence-electron chi connectivity index (χ0n) is 10.8. The zero-order chi connectivity index (χ0) is 13.1. The van der Waals surface area contributed by atoms with E-state index < -0.39 is 10.8 Å². The lowest BCUT2D eigenvalue weighted by Crippen LogP contribution is -2.22. The summed E-state index contributed by atoms with van der Waals surface area (Å²) in [6.07, 6.45) is 0. The molecule has 0 heterocycles. The van der Waals surface area contributed by atoms with E-state index in [1.54, 1.807) is 0 Å². The van der Waals surface area contributed by atoms with Gasteiger partial charge in [0.2, 0.25) is 0 Å². The summed E-state index contributed by atoms with van der Waals surface area (Å²) in [4.78, 5) is 0. The molecule has 0 saturated carbocycles. The SMILES string of the molecule is CC(C)S(=O)CC(N)c1ccc2ccccc2c1. The maximum Gasteiger partial charge on any atom is 0.0431 e. The third-order valence-electron chi connectivity index (χ3n) is 3.07. The molecule has 0 amide bonds. The summed E-state index contributed by atoms with van der Waals surface area (Å²) in [5.41, 5.74) is 7.19. The average Bonchev–Trinajstić information content (AvgIpc) is 2.37. The van der Waals surface area contributed by atoms with Crippen LogP contribution in [0.1, 0.15) is 25.5 Å². The van der Waals surface area contributed by atoms with Crippen molar-refractivity contribution in [3.05, 3.63) is 48.0 Å². The molecule has 3 heteroatoms. The molecule has 0 aromatic heterocycles. The predicted molar refractivity (Wildman–Crippen MR) is 79.0 cm³/mol. The Morgan fingerprint density at radius 2 is 1.78 bits per heavy atom. The lowest BCUT2D eigenvalue weighted by Gasteiger charge is -2.14. The first-order valence-electron chi connectivity index (χ1n) is 6.19. The monoisotopic (exact) mass is 261 g/mol. The van der Waals surface area contributed by atoms with Crippen LogP contribution in [0.25, 0.3) is 10.8 Å². The van der Waals surface area contributed by atoms with Crippen molar-refractivity contribution in [2.45, 2.75) is 25.1 Å². The number of hydrogen-bond acceptors (Lipinski definition) is 2. The highest BCUT2D eigenvalue weighted by atomic mass is 32.2. The quantitative estimate of drug-likeness (QED) is 0.919. The molecule has 2 atom stereocenters. The maximum absolute atomic E-state index is 11.8. The van der Waals surface area contributed by atoms with E-state index in [0.717, 1.165) is 5.56 Å². The van der Waals surface area contributed by atoms with Crippen molar-refractivity contribution in [3.63, 3.8) is 0 Å². The summed E-state index contributed by atoms with van der Waals surface area (Å²) in [7, 11) is -0.861. The summed E-state index contributed by atoms with van der Waals surface area (Å²) in [6, 6.07) is 14.2. The summed E-state index contributed by atoms with van der Waals surface area (Å²) < 4.78 is 11.8. The van der Waals surface area contributed by atoms with Gasteiger partial charge in [0.05, 0.1) is 0 Å². The third-order valence-corrected chi connectivity index (χ3v) is 4.81. The number of rotatable bonds is 4. The van der Waals surface area contributed by atoms with Crippen LogP contribution in [0.4, 0.5) is 0 Å². The average molecular weight is 261 g/mol. The number of fused-ring (bicyclic) bond motifs is 1. The van der Waals surface area contributed by atoms with E-state index in [2.05, 4.69) is 24.3 Å². The van der Waals surface area contributed by atoms with E-state index in [9.17, 15) is 4.21 Å². The van der Waals surface area contributed by atoms with Crippen LogP contribution in [0.5, 0.6) is 0 Å². The fourth-order valence-electron chi connectivity index (χ4n) is 1.90. The number of benzene rings is 2. The highest BCUT2D eigenvalue weighted by Crippen LogP contribution is 2.20. The van der Waals surface area contributed by atoms with Crippen LogP contribution in [-0.4, -0.2) is 15.2 Å². The lowest BCUT2D eigenvalue weighted by atomic mass is 10.0. The summed E-state index contributed by atoms with van der Waals surface area (Å²) >= 11 is 0. The molecule has 2 nitrogen and oxygen atoms in total. The molecule has 2 aromatic rings. The van der Waals surface area contributed by atoms with Crippen LogP contribution in [0.2, 0.25) is 0 Å². The summed E-state index contributed by atoms with van der Waals surface area (Å²) in [5, 5.41) is 2.55. The molecule has 0 aliphatic heterocycles. The minimum atomic E-state index is -0.861. The Morgan fingerprint density at radius 1 is 1.11 bits per heavy atom. The smallest absolute Gasteiger partial charge is 0.0431 e. The largest absolute Gasteiger partial charge is 0.323 e. The van der Waals surface area contributed by atoms with Gasteiger partial charge < -0.3 is 5.73 Å². The first kappa shape index (κ1) is 13.2. The van der Waals surface area contributed by atoms with Crippen molar-refractivity contribution < 1.29 is 4.21 Å². The molecule has 0 spiro atoms. The van der Waals surface area contributed by atoms with Gasteiger partial charge >= 0.3 is 0 Å². The maximum atomic E-state index is 11.8. The molecule has 0 fully saturated rings. The Morgan fingerprint density at radius 3 is 2.44 bits per heavy atom. The highest BCUT2D eigenvalue weighted by Gasteiger charge is 2.13. The Hall–Kier alpha value is -1.19. The van der Waals surface area contributed by atoms with Gasteiger partial charge in [0.25, 0.3) is 0 Å². The van der Waals surface area contributed by atoms with E-state index in [1.165, 1.54) is 10.8 Å². The van der Waals surface area contributed by atoms with Crippen LogP contribution < -0.4 is 5.73 Å². The van der Waals surface area contributed by atoms with E-state index in [4.69, 9.17) is 5.73 Å². The first-order valence-corrected chi connectivity index (χ1v) is 7.57. The van der Waals surface area contributed by atoms with Crippen molar-refractivity contribution in [1.82, 2.24) is 0 Å². The molecule has 2 unspecified atom stereocenters. The van der Waals surface area contributed by atoms with E-state index >= 15 is 0 Å². The van der Waals surface area contributed by atoms with Crippen molar-refractivity contribution in [2.75, 3.05) is 5.75 Å². The normalized spacial score (nSPS) is 14.9. The van der Waals surface area contributed by atoms with Gasteiger partial charge in [0, 0.05) is 27.8 Å². The third kappa shape index (κ3) is 2.98. The van der Waals surface area contributed by atoms with Gasteiger partial charge in [-0.3, -0.25) is 4.21 Å². The van der Waals surface area contributed by atoms with Crippen molar-refractivity contribution in [2.24, 2.45) is 5.73 Å². The van der Waals surface area contributed by atoms with E-state index in [-0.39, 0.29) is 11.3 Å². The van der Waals surface area contributed by atoms with Crippen molar-refractivity contribution >= 4 is 21.6 Å². The number of hydrogen-bond donors (Lipinski definition) is 1. The predicted octanol–water partition coefficient (Wildman–Crippen LogP) is 3.00. The molecule has 2 aromatic carbocycles. The van der Waals surface area contributed by atoms with Gasteiger partial charge in [-0.2, -0.15) is 0 Å². The zero-order valence-corrected chi connectivity index (χ0v) is 11.6. The van der Waals surface area contributed by atoms with Gasteiger partial charge in [-0.1, -0.05) is 50.2 Å². The standard InChI is InChI=1S/C15H19NOS/c1-11(2)18(17)10-15(16)14-8-7-12-5-3-4-6-13(12)9-14/h3-9,11,15H,10,16H2,1-2H3. The van der Waals surface area contributed by atoms with E-state index in [0.29, 0.717) is 5.75 Å². The second-order valence-corrected chi connectivity index (χ2v) is 6.85. The lowest BCUT2D eigenvalue weighted by molar-refractivity contribution is 0.668.